The molecule has 1 N–H and O–H groups in total. The average Bonchev–Trinajstić information content (AvgIpc) is 2.95. The molecule has 1 aliphatic carbocycles. The summed E-state index contributed by atoms with van der Waals surface area (Å²) >= 11 is 0. The maximum Gasteiger partial charge on any atom is 0.198 e. The molecule has 0 bridgehead atoms. The van der Waals surface area contributed by atoms with Crippen LogP contribution in [0.15, 0.2) is 109 Å². The number of benzene rings is 2. The summed E-state index contributed by atoms with van der Waals surface area (Å²) in [5.74, 6) is 0. The highest BCUT2D eigenvalue weighted by Crippen LogP contribution is 2.35. The average molecular weight is 470 g/mol. The Kier molecular flexibility index (Phi) is 6.42. The number of aromatic nitrogens is 3. The van der Waals surface area contributed by atoms with Gasteiger partial charge in [-0.15, -0.1) is 13.2 Å². The van der Waals surface area contributed by atoms with Gasteiger partial charge in [0.2, 0.25) is 0 Å². The van der Waals surface area contributed by atoms with Crippen molar-refractivity contribution in [1.82, 2.24) is 15.0 Å². The van der Waals surface area contributed by atoms with Gasteiger partial charge in [0.25, 0.3) is 0 Å². The molecule has 6 rings (SSSR count). The van der Waals surface area contributed by atoms with E-state index in [4.69, 9.17) is 4.98 Å². The highest BCUT2D eigenvalue weighted by molar-refractivity contribution is 5.95. The van der Waals surface area contributed by atoms with Gasteiger partial charge < -0.3 is 4.98 Å². The molecule has 36 heavy (non-hydrogen) atoms. The first kappa shape index (κ1) is 23.2. The van der Waals surface area contributed by atoms with Crippen LogP contribution in [0.5, 0.6) is 0 Å². The number of fused-ring (bicyclic) bond motifs is 2. The fourth-order valence-electron chi connectivity index (χ4n) is 4.74. The van der Waals surface area contributed by atoms with Gasteiger partial charge in [0, 0.05) is 34.5 Å². The van der Waals surface area contributed by atoms with Crippen molar-refractivity contribution in [2.75, 3.05) is 0 Å². The Balaban J connectivity index is 0.00000130. The first-order chi connectivity index (χ1) is 17.7. The molecule has 0 saturated heterocycles. The van der Waals surface area contributed by atoms with E-state index in [1.165, 1.54) is 0 Å². The van der Waals surface area contributed by atoms with E-state index in [1.807, 2.05) is 42.6 Å². The van der Waals surface area contributed by atoms with E-state index in [0.29, 0.717) is 16.6 Å². The molecule has 4 nitrogen and oxygen atoms in total. The number of aryl methyl sites for hydroxylation is 1. The molecule has 0 aliphatic heterocycles. The van der Waals surface area contributed by atoms with Crippen LogP contribution < -0.4 is 5.43 Å². The minimum atomic E-state index is -0.000843. The number of H-pyrrole nitrogens is 1. The van der Waals surface area contributed by atoms with Crippen LogP contribution in [-0.2, 0) is 0 Å². The lowest BCUT2D eigenvalue weighted by molar-refractivity contribution is 1.04. The molecule has 5 aromatic rings. The van der Waals surface area contributed by atoms with Crippen molar-refractivity contribution in [1.29, 1.82) is 0 Å². The second-order valence-corrected chi connectivity index (χ2v) is 8.69. The van der Waals surface area contributed by atoms with Gasteiger partial charge in [0.15, 0.2) is 5.43 Å². The minimum absolute atomic E-state index is 0.000843. The summed E-state index contributed by atoms with van der Waals surface area (Å²) in [5, 5.41) is 1.66. The van der Waals surface area contributed by atoms with Crippen molar-refractivity contribution >= 4 is 27.5 Å². The SMILES string of the molecule is C=C.Cc1cc(-c2cc3c(=O)c(C4=CCCC=C4)c[nH]c3nc2-c2ccccc2)cc2cccnc12. The molecule has 0 amide bonds. The van der Waals surface area contributed by atoms with E-state index in [1.54, 1.807) is 6.20 Å². The van der Waals surface area contributed by atoms with Crippen LogP contribution in [0.1, 0.15) is 24.0 Å². The lowest BCUT2D eigenvalue weighted by atomic mass is 9.94. The highest BCUT2D eigenvalue weighted by Gasteiger charge is 2.17. The monoisotopic (exact) mass is 469 g/mol. The van der Waals surface area contributed by atoms with Crippen LogP contribution in [-0.4, -0.2) is 15.0 Å². The topological polar surface area (TPSA) is 58.6 Å². The maximum absolute atomic E-state index is 13.6. The van der Waals surface area contributed by atoms with E-state index in [2.05, 4.69) is 72.5 Å². The number of nitrogens with zero attached hydrogens (tertiary/aromatic N) is 2. The molecule has 3 aromatic heterocycles. The van der Waals surface area contributed by atoms with E-state index in [9.17, 15) is 4.79 Å². The highest BCUT2D eigenvalue weighted by atomic mass is 16.1. The molecule has 1 aliphatic rings. The molecular weight excluding hydrogens is 442 g/mol. The number of pyridine rings is 3. The number of aromatic amines is 1. The zero-order valence-corrected chi connectivity index (χ0v) is 20.3. The second-order valence-electron chi connectivity index (χ2n) is 8.69. The molecule has 0 unspecified atom stereocenters. The number of rotatable bonds is 3. The quantitative estimate of drug-likeness (QED) is 0.276. The zero-order valence-electron chi connectivity index (χ0n) is 20.3. The van der Waals surface area contributed by atoms with Gasteiger partial charge in [-0.05, 0) is 60.7 Å². The van der Waals surface area contributed by atoms with Crippen LogP contribution in [0.3, 0.4) is 0 Å². The Morgan fingerprint density at radius 2 is 1.75 bits per heavy atom. The van der Waals surface area contributed by atoms with Gasteiger partial charge in [-0.2, -0.15) is 0 Å². The predicted octanol–water partition coefficient (Wildman–Crippen LogP) is 7.65. The first-order valence-corrected chi connectivity index (χ1v) is 12.0. The van der Waals surface area contributed by atoms with Crippen molar-refractivity contribution in [2.45, 2.75) is 19.8 Å². The Morgan fingerprint density at radius 1 is 0.917 bits per heavy atom. The normalized spacial score (nSPS) is 12.8. The fourth-order valence-corrected chi connectivity index (χ4v) is 4.74. The van der Waals surface area contributed by atoms with Gasteiger partial charge in [0.1, 0.15) is 5.65 Å². The second kappa shape index (κ2) is 9.96. The molecule has 4 heteroatoms. The molecule has 0 radical (unpaired) electrons. The standard InChI is InChI=1S/C30H23N3O.C2H4/c1-19-15-23(16-22-13-8-14-31-27(19)22)24-17-25-29(34)26(20-9-4-2-5-10-20)18-32-30(25)33-28(24)21-11-6-3-7-12-21;1-2/h3-4,6-18H,2,5H2,1H3,(H,32,33,34);1-2H2. The molecule has 0 spiro atoms. The van der Waals surface area contributed by atoms with Crippen LogP contribution in [0.2, 0.25) is 0 Å². The third kappa shape index (κ3) is 4.18. The molecule has 0 atom stereocenters. The van der Waals surface area contributed by atoms with E-state index < -0.39 is 0 Å². The van der Waals surface area contributed by atoms with Gasteiger partial charge in [0.05, 0.1) is 16.6 Å². The van der Waals surface area contributed by atoms with Gasteiger partial charge in [-0.25, -0.2) is 4.98 Å². The lowest BCUT2D eigenvalue weighted by Crippen LogP contribution is -2.11. The molecule has 0 fully saturated rings. The van der Waals surface area contributed by atoms with Crippen molar-refractivity contribution < 1.29 is 0 Å². The van der Waals surface area contributed by atoms with Crippen molar-refractivity contribution in [3.8, 4) is 22.4 Å². The van der Waals surface area contributed by atoms with Crippen LogP contribution in [0, 0.1) is 6.92 Å². The Labute approximate surface area is 210 Å². The van der Waals surface area contributed by atoms with Gasteiger partial charge >= 0.3 is 0 Å². The summed E-state index contributed by atoms with van der Waals surface area (Å²) in [6, 6.07) is 20.4. The summed E-state index contributed by atoms with van der Waals surface area (Å²) in [6.07, 6.45) is 11.8. The van der Waals surface area contributed by atoms with E-state index >= 15 is 0 Å². The molecule has 176 valence electrons. The Bertz CT molecular complexity index is 1690. The number of allylic oxidation sites excluding steroid dienone is 4. The first-order valence-electron chi connectivity index (χ1n) is 12.0. The number of hydrogen-bond donors (Lipinski definition) is 1. The van der Waals surface area contributed by atoms with Crippen LogP contribution >= 0.6 is 0 Å². The predicted molar refractivity (Wildman–Crippen MR) is 151 cm³/mol. The van der Waals surface area contributed by atoms with Crippen LogP contribution in [0.4, 0.5) is 0 Å². The largest absolute Gasteiger partial charge is 0.345 e. The maximum atomic E-state index is 13.6. The summed E-state index contributed by atoms with van der Waals surface area (Å²) in [6.45, 7) is 8.07. The number of nitrogens with one attached hydrogen (secondary N) is 1. The number of hydrogen-bond acceptors (Lipinski definition) is 3. The Hall–Kier alpha value is -4.57. The fraction of sp³-hybridized carbons (Fsp3) is 0.0938. The minimum Gasteiger partial charge on any atom is -0.345 e. The summed E-state index contributed by atoms with van der Waals surface area (Å²) < 4.78 is 0. The van der Waals surface area contributed by atoms with E-state index in [-0.39, 0.29) is 5.43 Å². The summed E-state index contributed by atoms with van der Waals surface area (Å²) in [5.41, 5.74) is 8.12. The summed E-state index contributed by atoms with van der Waals surface area (Å²) in [7, 11) is 0. The van der Waals surface area contributed by atoms with Gasteiger partial charge in [-0.3, -0.25) is 9.78 Å². The van der Waals surface area contributed by atoms with Crippen molar-refractivity contribution in [3.05, 3.63) is 126 Å². The van der Waals surface area contributed by atoms with Gasteiger partial charge in [-0.1, -0.05) is 54.6 Å². The van der Waals surface area contributed by atoms with Crippen LogP contribution in [0.25, 0.3) is 49.9 Å². The molecular formula is C32H27N3O. The van der Waals surface area contributed by atoms with E-state index in [0.717, 1.165) is 57.3 Å². The molecule has 0 saturated carbocycles. The smallest absolute Gasteiger partial charge is 0.198 e. The van der Waals surface area contributed by atoms with Crippen molar-refractivity contribution in [2.24, 2.45) is 0 Å². The molecule has 2 aromatic carbocycles. The molecule has 3 heterocycles. The lowest BCUT2D eigenvalue weighted by Gasteiger charge is -2.14. The third-order valence-corrected chi connectivity index (χ3v) is 6.42. The summed E-state index contributed by atoms with van der Waals surface area (Å²) in [4.78, 5) is 26.4. The Morgan fingerprint density at radius 3 is 2.53 bits per heavy atom. The third-order valence-electron chi connectivity index (χ3n) is 6.42. The zero-order chi connectivity index (χ0) is 25.1. The van der Waals surface area contributed by atoms with Crippen molar-refractivity contribution in [3.63, 3.8) is 0 Å².